The molecule has 1 rings (SSSR count). The van der Waals surface area contributed by atoms with Gasteiger partial charge in [-0.05, 0) is 12.5 Å². The van der Waals surface area contributed by atoms with Crippen molar-refractivity contribution in [1.82, 2.24) is 0 Å². The van der Waals surface area contributed by atoms with Gasteiger partial charge in [0.1, 0.15) is 6.21 Å². The molecule has 76 valence electrons. The fraction of sp³-hybridized carbons (Fsp3) is 0.300. The summed E-state index contributed by atoms with van der Waals surface area (Å²) in [5, 5.41) is 0. The second-order valence-corrected chi connectivity index (χ2v) is 2.91. The van der Waals surface area contributed by atoms with Crippen LogP contribution in [-0.2, 0) is 0 Å². The van der Waals surface area contributed by atoms with E-state index in [9.17, 15) is 13.2 Å². The van der Waals surface area contributed by atoms with Gasteiger partial charge in [0.25, 0.3) is 0 Å². The average molecular weight is 201 g/mol. The highest BCUT2D eigenvalue weighted by molar-refractivity contribution is 5.64. The van der Waals surface area contributed by atoms with Crippen LogP contribution in [0.25, 0.3) is 0 Å². The van der Waals surface area contributed by atoms with Gasteiger partial charge in [0, 0.05) is 0 Å². The van der Waals surface area contributed by atoms with Gasteiger partial charge in [0.15, 0.2) is 0 Å². The van der Waals surface area contributed by atoms with E-state index in [4.69, 9.17) is 0 Å². The fourth-order valence-corrected chi connectivity index (χ4v) is 1.01. The molecule has 0 heterocycles. The quantitative estimate of drug-likeness (QED) is 0.650. The lowest BCUT2D eigenvalue weighted by molar-refractivity contribution is -0.0538. The minimum Gasteiger partial charge on any atom is -0.280 e. The molecule has 1 aromatic rings. The lowest BCUT2D eigenvalue weighted by Gasteiger charge is -2.06. The molecule has 14 heavy (non-hydrogen) atoms. The maximum atomic E-state index is 11.8. The Labute approximate surface area is 80.3 Å². The van der Waals surface area contributed by atoms with Crippen molar-refractivity contribution in [3.05, 3.63) is 35.9 Å². The summed E-state index contributed by atoms with van der Waals surface area (Å²) in [7, 11) is 0. The SMILES string of the molecule is C[C@@H](/N=C/C(F)(F)F)c1ccccc1. The highest BCUT2D eigenvalue weighted by atomic mass is 19.4. The number of hydrogen-bond donors (Lipinski definition) is 0. The van der Waals surface area contributed by atoms with Gasteiger partial charge in [-0.2, -0.15) is 13.2 Å². The van der Waals surface area contributed by atoms with Crippen molar-refractivity contribution in [3.63, 3.8) is 0 Å². The van der Waals surface area contributed by atoms with E-state index in [2.05, 4.69) is 4.99 Å². The van der Waals surface area contributed by atoms with E-state index in [1.165, 1.54) is 0 Å². The molecule has 0 fully saturated rings. The Kier molecular flexibility index (Phi) is 3.28. The van der Waals surface area contributed by atoms with Crippen molar-refractivity contribution in [3.8, 4) is 0 Å². The van der Waals surface area contributed by atoms with Gasteiger partial charge in [-0.3, -0.25) is 4.99 Å². The minimum atomic E-state index is -4.33. The number of alkyl halides is 3. The molecule has 0 aliphatic rings. The van der Waals surface area contributed by atoms with E-state index in [1.807, 2.05) is 6.07 Å². The molecule has 4 heteroatoms. The standard InChI is InChI=1S/C10H10F3N/c1-8(14-7-10(11,12)13)9-5-3-2-4-6-9/h2-8H,1H3/b14-7+/t8-/m1/s1. The fourth-order valence-electron chi connectivity index (χ4n) is 1.01. The van der Waals surface area contributed by atoms with Crippen molar-refractivity contribution < 1.29 is 13.2 Å². The molecule has 0 saturated heterocycles. The maximum Gasteiger partial charge on any atom is 0.426 e. The first-order valence-electron chi connectivity index (χ1n) is 4.15. The third kappa shape index (κ3) is 3.60. The lowest BCUT2D eigenvalue weighted by atomic mass is 10.1. The number of nitrogens with zero attached hydrogens (tertiary/aromatic N) is 1. The molecule has 0 amide bonds. The first-order valence-corrected chi connectivity index (χ1v) is 4.15. The zero-order valence-corrected chi connectivity index (χ0v) is 7.62. The molecule has 0 radical (unpaired) electrons. The highest BCUT2D eigenvalue weighted by Gasteiger charge is 2.23. The van der Waals surface area contributed by atoms with Gasteiger partial charge in [-0.25, -0.2) is 0 Å². The summed E-state index contributed by atoms with van der Waals surface area (Å²) in [6.45, 7) is 1.62. The normalized spacial score (nSPS) is 14.6. The van der Waals surface area contributed by atoms with Crippen LogP contribution in [0.1, 0.15) is 18.5 Å². The van der Waals surface area contributed by atoms with Crippen LogP contribution in [0.15, 0.2) is 35.3 Å². The van der Waals surface area contributed by atoms with Crippen LogP contribution in [0, 0.1) is 0 Å². The minimum absolute atomic E-state index is 0.0324. The van der Waals surface area contributed by atoms with Crippen LogP contribution in [0.3, 0.4) is 0 Å². The van der Waals surface area contributed by atoms with Crippen molar-refractivity contribution in [1.29, 1.82) is 0 Å². The third-order valence-electron chi connectivity index (χ3n) is 1.73. The van der Waals surface area contributed by atoms with Gasteiger partial charge in [0.2, 0.25) is 0 Å². The summed E-state index contributed by atoms with van der Waals surface area (Å²) < 4.78 is 35.3. The topological polar surface area (TPSA) is 12.4 Å². The van der Waals surface area contributed by atoms with Crippen molar-refractivity contribution >= 4 is 6.21 Å². The Hall–Kier alpha value is -1.32. The van der Waals surface area contributed by atoms with E-state index in [0.717, 1.165) is 5.56 Å². The van der Waals surface area contributed by atoms with E-state index in [0.29, 0.717) is 0 Å². The molecule has 0 unspecified atom stereocenters. The first kappa shape index (κ1) is 10.8. The third-order valence-corrected chi connectivity index (χ3v) is 1.73. The van der Waals surface area contributed by atoms with Crippen LogP contribution in [-0.4, -0.2) is 12.4 Å². The summed E-state index contributed by atoms with van der Waals surface area (Å²) in [4.78, 5) is 3.42. The monoisotopic (exact) mass is 201 g/mol. The number of halogens is 3. The molecule has 1 atom stereocenters. The smallest absolute Gasteiger partial charge is 0.280 e. The van der Waals surface area contributed by atoms with Gasteiger partial charge in [-0.1, -0.05) is 30.3 Å². The zero-order chi connectivity index (χ0) is 10.6. The Morgan fingerprint density at radius 1 is 1.21 bits per heavy atom. The van der Waals surface area contributed by atoms with Crippen LogP contribution >= 0.6 is 0 Å². The summed E-state index contributed by atoms with van der Waals surface area (Å²) in [6.07, 6.45) is -4.30. The Bertz CT molecular complexity index is 303. The second-order valence-electron chi connectivity index (χ2n) is 2.91. The van der Waals surface area contributed by atoms with Crippen LogP contribution in [0.4, 0.5) is 13.2 Å². The average Bonchev–Trinajstić information content (AvgIpc) is 2.14. The van der Waals surface area contributed by atoms with Crippen molar-refractivity contribution in [2.24, 2.45) is 4.99 Å². The molecule has 1 aromatic carbocycles. The van der Waals surface area contributed by atoms with E-state index in [1.54, 1.807) is 31.2 Å². The van der Waals surface area contributed by atoms with E-state index >= 15 is 0 Å². The summed E-state index contributed by atoms with van der Waals surface area (Å²) >= 11 is 0. The molecular weight excluding hydrogens is 191 g/mol. The largest absolute Gasteiger partial charge is 0.426 e. The van der Waals surface area contributed by atoms with Crippen LogP contribution in [0.2, 0.25) is 0 Å². The number of benzene rings is 1. The predicted molar refractivity (Wildman–Crippen MR) is 49.4 cm³/mol. The number of aliphatic imine (C=N–C) groups is 1. The molecule has 0 N–H and O–H groups in total. The molecule has 0 spiro atoms. The first-order chi connectivity index (χ1) is 6.49. The van der Waals surface area contributed by atoms with Crippen molar-refractivity contribution in [2.75, 3.05) is 0 Å². The second kappa shape index (κ2) is 4.26. The Morgan fingerprint density at radius 3 is 2.29 bits per heavy atom. The van der Waals surface area contributed by atoms with Gasteiger partial charge < -0.3 is 0 Å². The van der Waals surface area contributed by atoms with Gasteiger partial charge in [0.05, 0.1) is 6.04 Å². The Morgan fingerprint density at radius 2 is 1.79 bits per heavy atom. The van der Waals surface area contributed by atoms with E-state index < -0.39 is 12.2 Å². The van der Waals surface area contributed by atoms with E-state index in [-0.39, 0.29) is 6.21 Å². The van der Waals surface area contributed by atoms with Crippen molar-refractivity contribution in [2.45, 2.75) is 19.1 Å². The summed E-state index contributed by atoms with van der Waals surface area (Å²) in [5.74, 6) is 0. The van der Waals surface area contributed by atoms with Gasteiger partial charge in [-0.15, -0.1) is 0 Å². The van der Waals surface area contributed by atoms with Crippen LogP contribution in [0.5, 0.6) is 0 Å². The lowest BCUT2D eigenvalue weighted by Crippen LogP contribution is -2.09. The number of hydrogen-bond acceptors (Lipinski definition) is 1. The molecule has 0 bridgehead atoms. The summed E-state index contributed by atoms with van der Waals surface area (Å²) in [6, 6.07) is 8.39. The van der Waals surface area contributed by atoms with Crippen LogP contribution < -0.4 is 0 Å². The molecule has 0 saturated carbocycles. The predicted octanol–water partition coefficient (Wildman–Crippen LogP) is 3.38. The molecular formula is C10H10F3N. The maximum absolute atomic E-state index is 11.8. The highest BCUT2D eigenvalue weighted by Crippen LogP contribution is 2.18. The molecule has 0 aliphatic heterocycles. The molecule has 0 aromatic heterocycles. The molecule has 0 aliphatic carbocycles. The van der Waals surface area contributed by atoms with Gasteiger partial charge >= 0.3 is 6.18 Å². The number of rotatable bonds is 2. The summed E-state index contributed by atoms with van der Waals surface area (Å²) in [5.41, 5.74) is 0.771. The Balaban J connectivity index is 2.69. The zero-order valence-electron chi connectivity index (χ0n) is 7.62. The molecule has 1 nitrogen and oxygen atoms in total.